The summed E-state index contributed by atoms with van der Waals surface area (Å²) in [6.45, 7) is 1.99. The average molecular weight is 331 g/mol. The van der Waals surface area contributed by atoms with Crippen molar-refractivity contribution in [2.45, 2.75) is 57.1 Å². The number of aromatic hydroxyl groups is 2. The van der Waals surface area contributed by atoms with Crippen molar-refractivity contribution in [3.05, 3.63) is 23.8 Å². The number of carbonyl (C=O) groups is 1. The highest BCUT2D eigenvalue weighted by Gasteiger charge is 2.59. The van der Waals surface area contributed by atoms with Crippen molar-refractivity contribution in [3.8, 4) is 11.5 Å². The third-order valence-electron chi connectivity index (χ3n) is 6.59. The Morgan fingerprint density at radius 3 is 2.29 bits per heavy atom. The van der Waals surface area contributed by atoms with Crippen LogP contribution in [0, 0.1) is 17.3 Å². The van der Waals surface area contributed by atoms with E-state index in [1.807, 2.05) is 6.92 Å². The van der Waals surface area contributed by atoms with E-state index < -0.39 is 11.5 Å². The minimum absolute atomic E-state index is 0.0749. The highest BCUT2D eigenvalue weighted by molar-refractivity contribution is 5.99. The van der Waals surface area contributed by atoms with Crippen LogP contribution in [0.15, 0.2) is 18.2 Å². The Hall–Kier alpha value is -1.75. The molecule has 1 amide bonds. The fourth-order valence-corrected chi connectivity index (χ4v) is 5.97. The summed E-state index contributed by atoms with van der Waals surface area (Å²) >= 11 is 0. The van der Waals surface area contributed by atoms with Crippen molar-refractivity contribution in [2.75, 3.05) is 0 Å². The second kappa shape index (κ2) is 5.12. The Kier molecular flexibility index (Phi) is 3.36. The summed E-state index contributed by atoms with van der Waals surface area (Å²) in [6, 6.07) is 4.18. The lowest BCUT2D eigenvalue weighted by Gasteiger charge is -2.62. The van der Waals surface area contributed by atoms with Crippen molar-refractivity contribution in [1.82, 2.24) is 5.32 Å². The van der Waals surface area contributed by atoms with Crippen LogP contribution < -0.4 is 5.32 Å². The fraction of sp³-hybridized carbons (Fsp3) is 0.632. The molecule has 0 spiro atoms. The highest BCUT2D eigenvalue weighted by Crippen LogP contribution is 2.62. The number of hydrogen-bond acceptors (Lipinski definition) is 4. The molecule has 4 fully saturated rings. The topological polar surface area (TPSA) is 89.8 Å². The zero-order valence-electron chi connectivity index (χ0n) is 14.0. The number of amides is 1. The van der Waals surface area contributed by atoms with Gasteiger partial charge >= 0.3 is 0 Å². The molecule has 0 aliphatic heterocycles. The summed E-state index contributed by atoms with van der Waals surface area (Å²) in [5, 5.41) is 33.6. The van der Waals surface area contributed by atoms with E-state index in [2.05, 4.69) is 5.32 Å². The number of phenolic OH excluding ortho intramolecular Hbond substituents is 2. The van der Waals surface area contributed by atoms with E-state index in [0.717, 1.165) is 32.1 Å². The van der Waals surface area contributed by atoms with Crippen LogP contribution in [0.25, 0.3) is 0 Å². The van der Waals surface area contributed by atoms with Crippen LogP contribution in [0.4, 0.5) is 0 Å². The molecule has 4 aliphatic rings. The van der Waals surface area contributed by atoms with Crippen LogP contribution >= 0.6 is 0 Å². The maximum Gasteiger partial charge on any atom is 0.259 e. The van der Waals surface area contributed by atoms with Gasteiger partial charge in [0.25, 0.3) is 5.91 Å². The molecule has 3 atom stereocenters. The van der Waals surface area contributed by atoms with E-state index in [1.165, 1.54) is 24.6 Å². The first-order valence-electron chi connectivity index (χ1n) is 8.84. The van der Waals surface area contributed by atoms with Gasteiger partial charge in [0.05, 0.1) is 5.60 Å². The van der Waals surface area contributed by atoms with Gasteiger partial charge < -0.3 is 20.6 Å². The Bertz CT molecular complexity index is 652. The molecule has 5 heteroatoms. The average Bonchev–Trinajstić information content (AvgIpc) is 2.44. The molecule has 0 unspecified atom stereocenters. The molecular formula is C19H25NO4. The third kappa shape index (κ3) is 2.37. The molecule has 0 radical (unpaired) electrons. The molecule has 4 bridgehead atoms. The fourth-order valence-electron chi connectivity index (χ4n) is 5.97. The molecule has 0 aromatic heterocycles. The maximum absolute atomic E-state index is 12.6. The largest absolute Gasteiger partial charge is 0.507 e. The van der Waals surface area contributed by atoms with E-state index in [4.69, 9.17) is 0 Å². The number of phenols is 2. The number of aliphatic hydroxyl groups is 1. The summed E-state index contributed by atoms with van der Waals surface area (Å²) in [4.78, 5) is 12.6. The summed E-state index contributed by atoms with van der Waals surface area (Å²) in [5.41, 5.74) is -0.720. The van der Waals surface area contributed by atoms with Crippen LogP contribution in [0.1, 0.15) is 55.8 Å². The molecule has 1 aromatic carbocycles. The van der Waals surface area contributed by atoms with Gasteiger partial charge in [-0.2, -0.15) is 0 Å². The monoisotopic (exact) mass is 331 g/mol. The van der Waals surface area contributed by atoms with E-state index in [0.29, 0.717) is 11.8 Å². The van der Waals surface area contributed by atoms with Crippen molar-refractivity contribution in [3.63, 3.8) is 0 Å². The van der Waals surface area contributed by atoms with Crippen LogP contribution in [0.2, 0.25) is 0 Å². The third-order valence-corrected chi connectivity index (χ3v) is 6.59. The Morgan fingerprint density at radius 1 is 1.17 bits per heavy atom. The molecule has 0 saturated heterocycles. The van der Waals surface area contributed by atoms with E-state index in [9.17, 15) is 20.1 Å². The first kappa shape index (κ1) is 15.8. The van der Waals surface area contributed by atoms with Crippen LogP contribution in [-0.2, 0) is 0 Å². The summed E-state index contributed by atoms with van der Waals surface area (Å²) in [5.74, 6) is 0.205. The summed E-state index contributed by atoms with van der Waals surface area (Å²) in [6.07, 6.45) is 5.81. The van der Waals surface area contributed by atoms with Crippen molar-refractivity contribution in [2.24, 2.45) is 17.3 Å². The number of nitrogens with one attached hydrogen (secondary N) is 1. The van der Waals surface area contributed by atoms with Crippen molar-refractivity contribution >= 4 is 5.91 Å². The summed E-state index contributed by atoms with van der Waals surface area (Å²) < 4.78 is 0. The van der Waals surface area contributed by atoms with Gasteiger partial charge in [-0.3, -0.25) is 4.79 Å². The lowest BCUT2D eigenvalue weighted by molar-refractivity contribution is -0.171. The smallest absolute Gasteiger partial charge is 0.259 e. The molecule has 24 heavy (non-hydrogen) atoms. The van der Waals surface area contributed by atoms with Gasteiger partial charge in [0, 0.05) is 6.04 Å². The number of rotatable bonds is 3. The predicted octanol–water partition coefficient (Wildman–Crippen LogP) is 2.55. The zero-order valence-corrected chi connectivity index (χ0v) is 14.0. The van der Waals surface area contributed by atoms with Crippen molar-refractivity contribution < 1.29 is 20.1 Å². The van der Waals surface area contributed by atoms with Gasteiger partial charge in [-0.05, 0) is 74.8 Å². The quantitative estimate of drug-likeness (QED) is 0.685. The first-order chi connectivity index (χ1) is 11.3. The van der Waals surface area contributed by atoms with Gasteiger partial charge in [0.15, 0.2) is 0 Å². The maximum atomic E-state index is 12.6. The molecular weight excluding hydrogens is 306 g/mol. The zero-order chi connectivity index (χ0) is 17.1. The second-order valence-corrected chi connectivity index (χ2v) is 8.41. The van der Waals surface area contributed by atoms with E-state index in [-0.39, 0.29) is 28.5 Å². The van der Waals surface area contributed by atoms with E-state index in [1.54, 1.807) is 0 Å². The minimum Gasteiger partial charge on any atom is -0.507 e. The van der Waals surface area contributed by atoms with Gasteiger partial charge in [0.1, 0.15) is 17.1 Å². The lowest BCUT2D eigenvalue weighted by Crippen LogP contribution is -2.61. The molecule has 4 aliphatic carbocycles. The second-order valence-electron chi connectivity index (χ2n) is 8.41. The molecule has 5 rings (SSSR count). The molecule has 1 aromatic rings. The highest BCUT2D eigenvalue weighted by atomic mass is 16.3. The number of carbonyl (C=O) groups excluding carboxylic acids is 1. The molecule has 4 saturated carbocycles. The first-order valence-corrected chi connectivity index (χ1v) is 8.84. The van der Waals surface area contributed by atoms with Crippen LogP contribution in [0.3, 0.4) is 0 Å². The van der Waals surface area contributed by atoms with Gasteiger partial charge in [-0.25, -0.2) is 0 Å². The Morgan fingerprint density at radius 2 is 1.75 bits per heavy atom. The number of hydrogen-bond donors (Lipinski definition) is 4. The van der Waals surface area contributed by atoms with Gasteiger partial charge in [-0.15, -0.1) is 0 Å². The lowest BCUT2D eigenvalue weighted by atomic mass is 9.46. The minimum atomic E-state index is -0.569. The van der Waals surface area contributed by atoms with E-state index >= 15 is 0 Å². The van der Waals surface area contributed by atoms with Crippen molar-refractivity contribution in [1.29, 1.82) is 0 Å². The summed E-state index contributed by atoms with van der Waals surface area (Å²) in [7, 11) is 0. The standard InChI is InChI=1S/C19H25NO4/c1-11(20-17(23)16-14(21)3-2-4-15(16)22)18-6-12-5-13(7-18)9-19(24,8-12)10-18/h2-4,11-13,21-22,24H,5-10H2,1H3,(H,20,23)/t11-,12+,13+,18?,19?/m1/s1. The predicted molar refractivity (Wildman–Crippen MR) is 88.8 cm³/mol. The normalized spacial score (nSPS) is 38.1. The van der Waals surface area contributed by atoms with Gasteiger partial charge in [-0.1, -0.05) is 6.07 Å². The molecule has 130 valence electrons. The van der Waals surface area contributed by atoms with Gasteiger partial charge in [0.2, 0.25) is 0 Å². The van der Waals surface area contributed by atoms with Crippen LogP contribution in [-0.4, -0.2) is 32.9 Å². The molecule has 0 heterocycles. The number of benzene rings is 1. The molecule has 5 nitrogen and oxygen atoms in total. The van der Waals surface area contributed by atoms with Crippen LogP contribution in [0.5, 0.6) is 11.5 Å². The Labute approximate surface area is 141 Å². The Balaban J connectivity index is 1.56. The molecule has 4 N–H and O–H groups in total. The SMILES string of the molecule is C[C@@H](NC(=O)c1c(O)cccc1O)C12C[C@@H]3C[C@H](CC(O)(C3)C1)C2.